The van der Waals surface area contributed by atoms with Gasteiger partial charge in [-0.05, 0) is 54.5 Å². The summed E-state index contributed by atoms with van der Waals surface area (Å²) in [4.78, 5) is 14.8. The third-order valence-electron chi connectivity index (χ3n) is 5.57. The van der Waals surface area contributed by atoms with E-state index in [0.717, 1.165) is 17.5 Å². The summed E-state index contributed by atoms with van der Waals surface area (Å²) in [6, 6.07) is 14.4. The Morgan fingerprint density at radius 2 is 1.72 bits per heavy atom. The second-order valence-corrected chi connectivity index (χ2v) is 10.3. The van der Waals surface area contributed by atoms with Gasteiger partial charge >= 0.3 is 0 Å². The molecule has 1 heterocycles. The number of carbonyl (C=O) groups excluding carboxylic acids is 1. The van der Waals surface area contributed by atoms with Crippen molar-refractivity contribution in [3.05, 3.63) is 65.2 Å². The molecule has 5 nitrogen and oxygen atoms in total. The van der Waals surface area contributed by atoms with E-state index in [-0.39, 0.29) is 10.8 Å². The molecular formula is C23H30N2O3S. The number of benzene rings is 2. The summed E-state index contributed by atoms with van der Waals surface area (Å²) in [5.74, 6) is 0.475. The number of piperidine rings is 1. The first-order valence-corrected chi connectivity index (χ1v) is 11.5. The van der Waals surface area contributed by atoms with Crippen LogP contribution in [-0.2, 0) is 16.6 Å². The Kier molecular flexibility index (Phi) is 6.44. The monoisotopic (exact) mass is 414 g/mol. The second kappa shape index (κ2) is 8.67. The van der Waals surface area contributed by atoms with E-state index in [9.17, 15) is 13.2 Å². The van der Waals surface area contributed by atoms with Crippen LogP contribution in [0, 0.1) is 18.8 Å². The van der Waals surface area contributed by atoms with Crippen LogP contribution in [-0.4, -0.2) is 43.7 Å². The van der Waals surface area contributed by atoms with E-state index in [1.807, 2.05) is 31.2 Å². The van der Waals surface area contributed by atoms with Gasteiger partial charge in [-0.25, -0.2) is 8.42 Å². The minimum atomic E-state index is -3.61. The summed E-state index contributed by atoms with van der Waals surface area (Å²) in [5, 5.41) is 0. The molecule has 6 heteroatoms. The summed E-state index contributed by atoms with van der Waals surface area (Å²) in [7, 11) is -1.87. The normalized spacial score (nSPS) is 20.4. The Morgan fingerprint density at radius 1 is 1.07 bits per heavy atom. The number of carbonyl (C=O) groups is 1. The van der Waals surface area contributed by atoms with Crippen molar-refractivity contribution in [3.63, 3.8) is 0 Å². The van der Waals surface area contributed by atoms with Crippen LogP contribution in [0.25, 0.3) is 0 Å². The van der Waals surface area contributed by atoms with Crippen LogP contribution in [0.5, 0.6) is 0 Å². The lowest BCUT2D eigenvalue weighted by molar-refractivity contribution is 0.0784. The summed E-state index contributed by atoms with van der Waals surface area (Å²) in [6.07, 6.45) is 1.04. The van der Waals surface area contributed by atoms with E-state index >= 15 is 0 Å². The lowest BCUT2D eigenvalue weighted by Crippen LogP contribution is -2.42. The Balaban J connectivity index is 1.81. The van der Waals surface area contributed by atoms with E-state index in [1.165, 1.54) is 6.07 Å². The Morgan fingerprint density at radius 3 is 2.38 bits per heavy atom. The molecule has 2 aromatic rings. The van der Waals surface area contributed by atoms with Gasteiger partial charge in [-0.3, -0.25) is 4.79 Å². The quantitative estimate of drug-likeness (QED) is 0.745. The van der Waals surface area contributed by atoms with Gasteiger partial charge in [0, 0.05) is 32.2 Å². The lowest BCUT2D eigenvalue weighted by Gasteiger charge is -2.34. The predicted octanol–water partition coefficient (Wildman–Crippen LogP) is 3.93. The van der Waals surface area contributed by atoms with E-state index < -0.39 is 10.0 Å². The van der Waals surface area contributed by atoms with Crippen LogP contribution in [0.1, 0.15) is 41.8 Å². The highest BCUT2D eigenvalue weighted by molar-refractivity contribution is 7.89. The molecule has 2 atom stereocenters. The van der Waals surface area contributed by atoms with Gasteiger partial charge in [0.05, 0.1) is 4.90 Å². The fraction of sp³-hybridized carbons (Fsp3) is 0.435. The minimum Gasteiger partial charge on any atom is -0.337 e. The third-order valence-corrected chi connectivity index (χ3v) is 7.40. The van der Waals surface area contributed by atoms with Gasteiger partial charge in [-0.15, -0.1) is 0 Å². The van der Waals surface area contributed by atoms with Crippen LogP contribution in [0.2, 0.25) is 0 Å². The van der Waals surface area contributed by atoms with Crippen molar-refractivity contribution < 1.29 is 13.2 Å². The second-order valence-electron chi connectivity index (χ2n) is 8.38. The van der Waals surface area contributed by atoms with Crippen LogP contribution in [0.3, 0.4) is 0 Å². The number of aryl methyl sites for hydroxylation is 1. The van der Waals surface area contributed by atoms with E-state index in [4.69, 9.17) is 0 Å². The minimum absolute atomic E-state index is 0.189. The number of rotatable bonds is 5. The van der Waals surface area contributed by atoms with Crippen LogP contribution in [0.15, 0.2) is 53.4 Å². The van der Waals surface area contributed by atoms with Gasteiger partial charge in [0.15, 0.2) is 0 Å². The molecule has 29 heavy (non-hydrogen) atoms. The van der Waals surface area contributed by atoms with Crippen molar-refractivity contribution >= 4 is 15.9 Å². The first-order chi connectivity index (χ1) is 13.7. The fourth-order valence-electron chi connectivity index (χ4n) is 4.08. The molecule has 0 bridgehead atoms. The lowest BCUT2D eigenvalue weighted by atomic mass is 9.94. The van der Waals surface area contributed by atoms with Crippen molar-refractivity contribution in [3.8, 4) is 0 Å². The molecule has 0 saturated carbocycles. The number of nitrogens with zero attached hydrogens (tertiary/aromatic N) is 2. The highest BCUT2D eigenvalue weighted by Gasteiger charge is 2.32. The van der Waals surface area contributed by atoms with Crippen LogP contribution in [0.4, 0.5) is 0 Å². The SMILES string of the molecule is Cc1ccccc1CN(C)C(=O)c1cccc(S(=O)(=O)N2CC(C)CC(C)C2)c1. The largest absolute Gasteiger partial charge is 0.337 e. The first kappa shape index (κ1) is 21.5. The molecule has 0 N–H and O–H groups in total. The van der Waals surface area contributed by atoms with Crippen molar-refractivity contribution in [1.82, 2.24) is 9.21 Å². The smallest absolute Gasteiger partial charge is 0.253 e. The number of amides is 1. The van der Waals surface area contributed by atoms with E-state index in [1.54, 1.807) is 34.5 Å². The van der Waals surface area contributed by atoms with Gasteiger partial charge in [0.25, 0.3) is 5.91 Å². The molecule has 0 radical (unpaired) electrons. The number of hydrogen-bond donors (Lipinski definition) is 0. The zero-order valence-electron chi connectivity index (χ0n) is 17.6. The molecule has 2 aromatic carbocycles. The maximum Gasteiger partial charge on any atom is 0.253 e. The van der Waals surface area contributed by atoms with Gasteiger partial charge < -0.3 is 4.90 Å². The standard InChI is InChI=1S/C23H30N2O3S/c1-17-12-18(2)15-25(14-17)29(27,28)22-11-7-10-20(13-22)23(26)24(4)16-21-9-6-5-8-19(21)3/h5-11,13,17-18H,12,14-16H2,1-4H3. The molecule has 0 spiro atoms. The van der Waals surface area contributed by atoms with Gasteiger partial charge in [0.2, 0.25) is 10.0 Å². The van der Waals surface area contributed by atoms with E-state index in [0.29, 0.717) is 37.0 Å². The molecule has 1 aliphatic rings. The molecule has 1 amide bonds. The topological polar surface area (TPSA) is 57.7 Å². The fourth-order valence-corrected chi connectivity index (χ4v) is 5.80. The van der Waals surface area contributed by atoms with Crippen molar-refractivity contribution in [2.45, 2.75) is 38.6 Å². The summed E-state index contributed by atoms with van der Waals surface area (Å²) >= 11 is 0. The van der Waals surface area contributed by atoms with Crippen LogP contribution >= 0.6 is 0 Å². The molecule has 0 aromatic heterocycles. The highest BCUT2D eigenvalue weighted by Crippen LogP contribution is 2.27. The van der Waals surface area contributed by atoms with Gasteiger partial charge in [-0.2, -0.15) is 4.31 Å². The molecule has 156 valence electrons. The maximum atomic E-state index is 13.2. The van der Waals surface area contributed by atoms with Crippen LogP contribution < -0.4 is 0 Å². The molecule has 3 rings (SSSR count). The number of sulfonamides is 1. The molecule has 0 aliphatic carbocycles. The highest BCUT2D eigenvalue weighted by atomic mass is 32.2. The van der Waals surface area contributed by atoms with Crippen molar-refractivity contribution in [2.75, 3.05) is 20.1 Å². The van der Waals surface area contributed by atoms with E-state index in [2.05, 4.69) is 13.8 Å². The summed E-state index contributed by atoms with van der Waals surface area (Å²) in [5.41, 5.74) is 2.58. The number of hydrogen-bond acceptors (Lipinski definition) is 3. The molecule has 1 aliphatic heterocycles. The predicted molar refractivity (Wildman–Crippen MR) is 115 cm³/mol. The average molecular weight is 415 g/mol. The zero-order chi connectivity index (χ0) is 21.2. The Hall–Kier alpha value is -2.18. The average Bonchev–Trinajstić information content (AvgIpc) is 2.68. The Bertz CT molecular complexity index is 977. The molecule has 2 unspecified atom stereocenters. The molecular weight excluding hydrogens is 384 g/mol. The summed E-state index contributed by atoms with van der Waals surface area (Å²) < 4.78 is 27.9. The van der Waals surface area contributed by atoms with Crippen molar-refractivity contribution in [1.29, 1.82) is 0 Å². The molecule has 1 fully saturated rings. The maximum absolute atomic E-state index is 13.2. The van der Waals surface area contributed by atoms with Gasteiger partial charge in [0.1, 0.15) is 0 Å². The third kappa shape index (κ3) is 4.87. The summed E-state index contributed by atoms with van der Waals surface area (Å²) in [6.45, 7) is 7.71. The van der Waals surface area contributed by atoms with Gasteiger partial charge in [-0.1, -0.05) is 44.2 Å². The Labute approximate surface area is 174 Å². The zero-order valence-corrected chi connectivity index (χ0v) is 18.4. The molecule has 1 saturated heterocycles. The van der Waals surface area contributed by atoms with Crippen molar-refractivity contribution in [2.24, 2.45) is 11.8 Å². The first-order valence-electron chi connectivity index (χ1n) is 10.1.